The van der Waals surface area contributed by atoms with E-state index in [0.717, 1.165) is 36.5 Å². The van der Waals surface area contributed by atoms with Crippen molar-refractivity contribution < 1.29 is 9.90 Å². The molecular formula is C22H36O2. The Balaban J connectivity index is 1.64. The van der Waals surface area contributed by atoms with Gasteiger partial charge in [0.25, 0.3) is 0 Å². The average molecular weight is 333 g/mol. The van der Waals surface area contributed by atoms with Crippen LogP contribution in [0.1, 0.15) is 79.1 Å². The van der Waals surface area contributed by atoms with Crippen molar-refractivity contribution in [3.05, 3.63) is 0 Å². The first-order chi connectivity index (χ1) is 11.3. The van der Waals surface area contributed by atoms with Crippen LogP contribution in [0.3, 0.4) is 0 Å². The van der Waals surface area contributed by atoms with Gasteiger partial charge in [-0.25, -0.2) is 0 Å². The third-order valence-corrected chi connectivity index (χ3v) is 9.39. The molecule has 0 amide bonds. The first-order valence-corrected chi connectivity index (χ1v) is 10.5. The summed E-state index contributed by atoms with van der Waals surface area (Å²) in [7, 11) is 0. The number of hydrogen-bond donors (Lipinski definition) is 1. The third-order valence-electron chi connectivity index (χ3n) is 9.39. The van der Waals surface area contributed by atoms with Gasteiger partial charge < -0.3 is 5.11 Å². The van der Waals surface area contributed by atoms with Gasteiger partial charge in [-0.15, -0.1) is 0 Å². The summed E-state index contributed by atoms with van der Waals surface area (Å²) < 4.78 is 0. The van der Waals surface area contributed by atoms with E-state index in [4.69, 9.17) is 0 Å². The first kappa shape index (κ1) is 17.1. The number of aliphatic hydroxyl groups excluding tert-OH is 1. The van der Waals surface area contributed by atoms with E-state index in [1.807, 2.05) is 0 Å². The standard InChI is InChI=1S/C22H36O2/c1-13-7-9-21(3)15(11-13)5-6-16-17(21)8-10-22(4)18(16)12-19(24)20(22)14(2)23/h13,15-20,24H,5-12H2,1-4H3. The van der Waals surface area contributed by atoms with Crippen molar-refractivity contribution in [1.82, 2.24) is 0 Å². The van der Waals surface area contributed by atoms with Crippen LogP contribution in [0.25, 0.3) is 0 Å². The number of carbonyl (C=O) groups is 1. The van der Waals surface area contributed by atoms with Gasteiger partial charge in [-0.05, 0) is 92.3 Å². The number of ketones is 1. The molecule has 4 saturated carbocycles. The molecule has 0 aromatic carbocycles. The van der Waals surface area contributed by atoms with Gasteiger partial charge in [0.2, 0.25) is 0 Å². The van der Waals surface area contributed by atoms with Crippen molar-refractivity contribution >= 4 is 5.78 Å². The summed E-state index contributed by atoms with van der Waals surface area (Å²) in [4.78, 5) is 12.2. The number of Topliss-reactive ketones (excluding diaryl/α,β-unsaturated/α-hetero) is 1. The van der Waals surface area contributed by atoms with Crippen LogP contribution in [0.5, 0.6) is 0 Å². The van der Waals surface area contributed by atoms with Crippen molar-refractivity contribution in [1.29, 1.82) is 0 Å². The predicted molar refractivity (Wildman–Crippen MR) is 96.5 cm³/mol. The highest BCUT2D eigenvalue weighted by molar-refractivity contribution is 5.80. The van der Waals surface area contributed by atoms with Crippen LogP contribution in [0.2, 0.25) is 0 Å². The smallest absolute Gasteiger partial charge is 0.136 e. The minimum absolute atomic E-state index is 0.0531. The highest BCUT2D eigenvalue weighted by atomic mass is 16.3. The Bertz CT molecular complexity index is 528. The molecule has 0 heterocycles. The molecule has 9 atom stereocenters. The van der Waals surface area contributed by atoms with E-state index in [0.29, 0.717) is 11.3 Å². The zero-order valence-electron chi connectivity index (χ0n) is 16.1. The van der Waals surface area contributed by atoms with Gasteiger partial charge in [0, 0.05) is 5.92 Å². The van der Waals surface area contributed by atoms with Gasteiger partial charge in [0.1, 0.15) is 5.78 Å². The molecule has 4 aliphatic carbocycles. The lowest BCUT2D eigenvalue weighted by Gasteiger charge is -2.61. The molecular weight excluding hydrogens is 296 g/mol. The van der Waals surface area contributed by atoms with Crippen LogP contribution in [-0.4, -0.2) is 17.0 Å². The van der Waals surface area contributed by atoms with Crippen LogP contribution >= 0.6 is 0 Å². The fraction of sp³-hybridized carbons (Fsp3) is 0.955. The van der Waals surface area contributed by atoms with E-state index < -0.39 is 6.10 Å². The molecule has 0 spiro atoms. The van der Waals surface area contributed by atoms with Gasteiger partial charge in [0.15, 0.2) is 0 Å². The molecule has 0 aliphatic heterocycles. The lowest BCUT2D eigenvalue weighted by atomic mass is 9.44. The number of fused-ring (bicyclic) bond motifs is 5. The molecule has 0 aromatic heterocycles. The summed E-state index contributed by atoms with van der Waals surface area (Å²) in [6, 6.07) is 0. The third kappa shape index (κ3) is 2.20. The largest absolute Gasteiger partial charge is 0.392 e. The Kier molecular flexibility index (Phi) is 3.95. The van der Waals surface area contributed by atoms with Crippen molar-refractivity contribution in [3.63, 3.8) is 0 Å². The van der Waals surface area contributed by atoms with Crippen LogP contribution < -0.4 is 0 Å². The summed E-state index contributed by atoms with van der Waals surface area (Å²) in [5.41, 5.74) is 0.577. The summed E-state index contributed by atoms with van der Waals surface area (Å²) >= 11 is 0. The van der Waals surface area contributed by atoms with Crippen molar-refractivity contribution in [2.75, 3.05) is 0 Å². The molecule has 136 valence electrons. The van der Waals surface area contributed by atoms with E-state index in [1.165, 1.54) is 38.5 Å². The van der Waals surface area contributed by atoms with E-state index in [1.54, 1.807) is 6.92 Å². The van der Waals surface area contributed by atoms with E-state index >= 15 is 0 Å². The van der Waals surface area contributed by atoms with Crippen LogP contribution in [-0.2, 0) is 4.79 Å². The normalized spacial score (nSPS) is 57.0. The number of carbonyl (C=O) groups excluding carboxylic acids is 1. The molecule has 4 aliphatic rings. The minimum atomic E-state index is -0.395. The van der Waals surface area contributed by atoms with Crippen molar-refractivity contribution in [2.45, 2.75) is 85.2 Å². The zero-order valence-corrected chi connectivity index (χ0v) is 16.1. The van der Waals surface area contributed by atoms with Gasteiger partial charge in [-0.1, -0.05) is 27.2 Å². The fourth-order valence-electron chi connectivity index (χ4n) is 8.22. The predicted octanol–water partition coefficient (Wildman–Crippen LogP) is 4.84. The zero-order chi connectivity index (χ0) is 17.3. The topological polar surface area (TPSA) is 37.3 Å². The van der Waals surface area contributed by atoms with Crippen molar-refractivity contribution in [2.24, 2.45) is 46.3 Å². The Labute approximate surface area is 147 Å². The molecule has 4 rings (SSSR count). The minimum Gasteiger partial charge on any atom is -0.392 e. The second-order valence-corrected chi connectivity index (χ2v) is 10.5. The highest BCUT2D eigenvalue weighted by Gasteiger charge is 2.62. The van der Waals surface area contributed by atoms with Gasteiger partial charge in [-0.2, -0.15) is 0 Å². The second-order valence-electron chi connectivity index (χ2n) is 10.5. The Hall–Kier alpha value is -0.370. The van der Waals surface area contributed by atoms with Crippen molar-refractivity contribution in [3.8, 4) is 0 Å². The lowest BCUT2D eigenvalue weighted by molar-refractivity contribution is -0.137. The molecule has 2 heteroatoms. The molecule has 0 aromatic rings. The quantitative estimate of drug-likeness (QED) is 0.746. The SMILES string of the molecule is CC(=O)C1C(O)CC2C3CCC4CC(C)CCC4(C)C3CCC21C. The second kappa shape index (κ2) is 5.56. The molecule has 0 radical (unpaired) electrons. The number of aliphatic hydroxyl groups is 1. The van der Waals surface area contributed by atoms with E-state index in [9.17, 15) is 9.90 Å². The Morgan fingerprint density at radius 1 is 0.958 bits per heavy atom. The average Bonchev–Trinajstić information content (AvgIpc) is 2.78. The van der Waals surface area contributed by atoms with Crippen LogP contribution in [0.15, 0.2) is 0 Å². The van der Waals surface area contributed by atoms with E-state index in [-0.39, 0.29) is 17.1 Å². The maximum atomic E-state index is 12.2. The maximum Gasteiger partial charge on any atom is 0.136 e. The molecule has 2 nitrogen and oxygen atoms in total. The monoisotopic (exact) mass is 332 g/mol. The molecule has 0 bridgehead atoms. The number of hydrogen-bond acceptors (Lipinski definition) is 2. The maximum absolute atomic E-state index is 12.2. The summed E-state index contributed by atoms with van der Waals surface area (Å²) in [6.45, 7) is 9.06. The fourth-order valence-corrected chi connectivity index (χ4v) is 8.22. The molecule has 9 unspecified atom stereocenters. The Morgan fingerprint density at radius 3 is 2.38 bits per heavy atom. The van der Waals surface area contributed by atoms with Gasteiger partial charge >= 0.3 is 0 Å². The molecule has 24 heavy (non-hydrogen) atoms. The lowest BCUT2D eigenvalue weighted by Crippen LogP contribution is -2.53. The van der Waals surface area contributed by atoms with Gasteiger partial charge in [0.05, 0.1) is 6.10 Å². The van der Waals surface area contributed by atoms with Gasteiger partial charge in [-0.3, -0.25) is 4.79 Å². The van der Waals surface area contributed by atoms with E-state index in [2.05, 4.69) is 20.8 Å². The summed E-state index contributed by atoms with van der Waals surface area (Å²) in [6.07, 6.45) is 9.88. The summed E-state index contributed by atoms with van der Waals surface area (Å²) in [5.74, 6) is 4.08. The molecule has 0 saturated heterocycles. The highest BCUT2D eigenvalue weighted by Crippen LogP contribution is 2.67. The number of rotatable bonds is 1. The first-order valence-electron chi connectivity index (χ1n) is 10.5. The van der Waals surface area contributed by atoms with Crippen LogP contribution in [0, 0.1) is 46.3 Å². The molecule has 1 N–H and O–H groups in total. The Morgan fingerprint density at radius 2 is 1.67 bits per heavy atom. The van der Waals surface area contributed by atoms with Crippen LogP contribution in [0.4, 0.5) is 0 Å². The summed E-state index contributed by atoms with van der Waals surface area (Å²) in [5, 5.41) is 10.7. The molecule has 4 fully saturated rings.